The number of aliphatic carboxylic acids is 1. The van der Waals surface area contributed by atoms with Crippen molar-refractivity contribution >= 4 is 21.7 Å². The SMILES string of the molecule is O=C(O)CCN1CCN(C(=O)CC2CCCC2)C2CS(=O)(=O)CC21. The molecule has 3 fully saturated rings. The Bertz CT molecular complexity index is 600. The van der Waals surface area contributed by atoms with Gasteiger partial charge in [-0.2, -0.15) is 0 Å². The van der Waals surface area contributed by atoms with E-state index in [4.69, 9.17) is 5.11 Å². The second kappa shape index (κ2) is 7.00. The zero-order valence-corrected chi connectivity index (χ0v) is 14.7. The van der Waals surface area contributed by atoms with Gasteiger partial charge in [0.25, 0.3) is 0 Å². The van der Waals surface area contributed by atoms with Crippen molar-refractivity contribution in [3.63, 3.8) is 0 Å². The highest BCUT2D eigenvalue weighted by atomic mass is 32.2. The number of carboxylic acid groups (broad SMARTS) is 1. The molecule has 3 aliphatic rings. The van der Waals surface area contributed by atoms with Gasteiger partial charge in [-0.15, -0.1) is 0 Å². The average molecular weight is 358 g/mol. The maximum Gasteiger partial charge on any atom is 0.304 e. The van der Waals surface area contributed by atoms with E-state index in [2.05, 4.69) is 0 Å². The molecule has 0 spiro atoms. The van der Waals surface area contributed by atoms with E-state index in [1.54, 1.807) is 4.90 Å². The first-order valence-corrected chi connectivity index (χ1v) is 10.6. The molecule has 2 aliphatic heterocycles. The van der Waals surface area contributed by atoms with Crippen molar-refractivity contribution in [3.05, 3.63) is 0 Å². The number of piperazine rings is 1. The van der Waals surface area contributed by atoms with Crippen LogP contribution in [0.2, 0.25) is 0 Å². The molecule has 0 radical (unpaired) electrons. The molecule has 136 valence electrons. The topological polar surface area (TPSA) is 95.0 Å². The van der Waals surface area contributed by atoms with Crippen molar-refractivity contribution in [1.29, 1.82) is 0 Å². The number of fused-ring (bicyclic) bond motifs is 1. The van der Waals surface area contributed by atoms with Crippen LogP contribution in [0.1, 0.15) is 38.5 Å². The second-order valence-corrected chi connectivity index (χ2v) is 9.49. The van der Waals surface area contributed by atoms with Crippen molar-refractivity contribution in [3.8, 4) is 0 Å². The van der Waals surface area contributed by atoms with Crippen molar-refractivity contribution < 1.29 is 23.1 Å². The number of rotatable bonds is 5. The van der Waals surface area contributed by atoms with Gasteiger partial charge in [0.05, 0.1) is 24.0 Å². The highest BCUT2D eigenvalue weighted by Crippen LogP contribution is 2.31. The highest BCUT2D eigenvalue weighted by Gasteiger charge is 2.47. The van der Waals surface area contributed by atoms with E-state index < -0.39 is 15.8 Å². The van der Waals surface area contributed by atoms with Gasteiger partial charge >= 0.3 is 5.97 Å². The maximum absolute atomic E-state index is 12.7. The minimum Gasteiger partial charge on any atom is -0.481 e. The summed E-state index contributed by atoms with van der Waals surface area (Å²) < 4.78 is 24.2. The molecule has 0 aromatic heterocycles. The minimum absolute atomic E-state index is 0.000706. The lowest BCUT2D eigenvalue weighted by atomic mass is 9.99. The van der Waals surface area contributed by atoms with Crippen molar-refractivity contribution in [2.24, 2.45) is 5.92 Å². The molecule has 1 aliphatic carbocycles. The van der Waals surface area contributed by atoms with Gasteiger partial charge < -0.3 is 10.0 Å². The first kappa shape index (κ1) is 17.7. The molecular formula is C16H26N2O5S. The van der Waals surface area contributed by atoms with Gasteiger partial charge in [-0.3, -0.25) is 14.5 Å². The number of carbonyl (C=O) groups excluding carboxylic acids is 1. The number of hydrogen-bond donors (Lipinski definition) is 1. The van der Waals surface area contributed by atoms with Gasteiger partial charge in [-0.05, 0) is 18.8 Å². The lowest BCUT2D eigenvalue weighted by molar-refractivity contribution is -0.141. The molecule has 1 N–H and O–H groups in total. The molecule has 2 atom stereocenters. The third-order valence-electron chi connectivity index (χ3n) is 5.66. The Hall–Kier alpha value is -1.15. The first-order valence-electron chi connectivity index (χ1n) is 8.81. The van der Waals surface area contributed by atoms with Crippen LogP contribution in [-0.4, -0.2) is 78.4 Å². The fourth-order valence-corrected chi connectivity index (χ4v) is 6.44. The minimum atomic E-state index is -3.18. The number of sulfone groups is 1. The Labute approximate surface area is 142 Å². The average Bonchev–Trinajstić information content (AvgIpc) is 3.10. The third kappa shape index (κ3) is 3.91. The molecule has 8 heteroatoms. The monoisotopic (exact) mass is 358 g/mol. The van der Waals surface area contributed by atoms with Crippen LogP contribution >= 0.6 is 0 Å². The van der Waals surface area contributed by atoms with E-state index >= 15 is 0 Å². The molecule has 0 bridgehead atoms. The Balaban J connectivity index is 1.69. The van der Waals surface area contributed by atoms with Crippen LogP contribution in [0.5, 0.6) is 0 Å². The first-order chi connectivity index (χ1) is 11.4. The summed E-state index contributed by atoms with van der Waals surface area (Å²) in [5.74, 6) is -0.319. The Morgan fingerprint density at radius 3 is 2.38 bits per heavy atom. The van der Waals surface area contributed by atoms with Crippen LogP contribution in [0, 0.1) is 5.92 Å². The Morgan fingerprint density at radius 1 is 1.04 bits per heavy atom. The van der Waals surface area contributed by atoms with Crippen LogP contribution < -0.4 is 0 Å². The van der Waals surface area contributed by atoms with Crippen LogP contribution in [0.3, 0.4) is 0 Å². The van der Waals surface area contributed by atoms with Crippen LogP contribution in [-0.2, 0) is 19.4 Å². The van der Waals surface area contributed by atoms with Crippen molar-refractivity contribution in [1.82, 2.24) is 9.80 Å². The van der Waals surface area contributed by atoms with Gasteiger partial charge in [0.1, 0.15) is 0 Å². The van der Waals surface area contributed by atoms with Gasteiger partial charge in [0.15, 0.2) is 9.84 Å². The quantitative estimate of drug-likeness (QED) is 0.762. The van der Waals surface area contributed by atoms with E-state index in [0.717, 1.165) is 12.8 Å². The number of hydrogen-bond acceptors (Lipinski definition) is 5. The van der Waals surface area contributed by atoms with E-state index in [1.165, 1.54) is 12.8 Å². The third-order valence-corrected chi connectivity index (χ3v) is 7.36. The summed E-state index contributed by atoms with van der Waals surface area (Å²) in [6, 6.07) is -0.568. The molecule has 1 amide bonds. The predicted octanol–water partition coefficient (Wildman–Crippen LogP) is 0.351. The van der Waals surface area contributed by atoms with E-state index in [0.29, 0.717) is 32.0 Å². The largest absolute Gasteiger partial charge is 0.481 e. The van der Waals surface area contributed by atoms with E-state index in [-0.39, 0.29) is 35.9 Å². The lowest BCUT2D eigenvalue weighted by Crippen LogP contribution is -2.60. The number of carbonyl (C=O) groups is 2. The fourth-order valence-electron chi connectivity index (χ4n) is 4.43. The summed E-state index contributed by atoms with van der Waals surface area (Å²) in [5.41, 5.74) is 0. The number of nitrogens with zero attached hydrogens (tertiary/aromatic N) is 2. The van der Waals surface area contributed by atoms with Crippen LogP contribution in [0.4, 0.5) is 0 Å². The molecule has 7 nitrogen and oxygen atoms in total. The number of carboxylic acids is 1. The van der Waals surface area contributed by atoms with Crippen molar-refractivity contribution in [2.75, 3.05) is 31.1 Å². The predicted molar refractivity (Wildman–Crippen MR) is 88.3 cm³/mol. The summed E-state index contributed by atoms with van der Waals surface area (Å²) in [6.45, 7) is 1.40. The van der Waals surface area contributed by atoms with Gasteiger partial charge in [-0.1, -0.05) is 12.8 Å². The van der Waals surface area contributed by atoms with Crippen LogP contribution in [0.25, 0.3) is 0 Å². The Kier molecular flexibility index (Phi) is 5.15. The Morgan fingerprint density at radius 2 is 1.71 bits per heavy atom. The summed E-state index contributed by atoms with van der Waals surface area (Å²) in [5, 5.41) is 8.88. The molecule has 24 heavy (non-hydrogen) atoms. The standard InChI is InChI=1S/C16H26N2O5S/c19-15(9-12-3-1-2-4-12)18-8-7-17(6-5-16(20)21)13-10-24(22,23)11-14(13)18/h12-14H,1-11H2,(H,20,21). The second-order valence-electron chi connectivity index (χ2n) is 7.33. The molecule has 1 saturated carbocycles. The zero-order valence-electron chi connectivity index (χ0n) is 13.9. The molecular weight excluding hydrogens is 332 g/mol. The maximum atomic E-state index is 12.7. The highest BCUT2D eigenvalue weighted by molar-refractivity contribution is 7.91. The van der Waals surface area contributed by atoms with Crippen LogP contribution in [0.15, 0.2) is 0 Å². The number of amides is 1. The lowest BCUT2D eigenvalue weighted by Gasteiger charge is -2.44. The summed E-state index contributed by atoms with van der Waals surface area (Å²) in [7, 11) is -3.18. The molecule has 2 unspecified atom stereocenters. The normalized spacial score (nSPS) is 30.4. The molecule has 0 aromatic rings. The van der Waals surface area contributed by atoms with E-state index in [9.17, 15) is 18.0 Å². The molecule has 3 rings (SSSR count). The smallest absolute Gasteiger partial charge is 0.304 e. The van der Waals surface area contributed by atoms with Gasteiger partial charge in [-0.25, -0.2) is 8.42 Å². The van der Waals surface area contributed by atoms with Crippen molar-refractivity contribution in [2.45, 2.75) is 50.6 Å². The summed E-state index contributed by atoms with van der Waals surface area (Å²) >= 11 is 0. The fraction of sp³-hybridized carbons (Fsp3) is 0.875. The summed E-state index contributed by atoms with van der Waals surface area (Å²) in [6.07, 6.45) is 5.08. The van der Waals surface area contributed by atoms with Gasteiger partial charge in [0, 0.05) is 32.1 Å². The van der Waals surface area contributed by atoms with Gasteiger partial charge in [0.2, 0.25) is 5.91 Å². The molecule has 0 aromatic carbocycles. The molecule has 2 heterocycles. The van der Waals surface area contributed by atoms with E-state index in [1.807, 2.05) is 4.90 Å². The molecule has 2 saturated heterocycles. The zero-order chi connectivity index (χ0) is 17.3. The summed E-state index contributed by atoms with van der Waals surface area (Å²) in [4.78, 5) is 27.2.